The minimum Gasteiger partial charge on any atom is 0 e. The molecule has 0 atom stereocenters. The van der Waals surface area contributed by atoms with Gasteiger partial charge in [-0.3, -0.25) is 0 Å². The fourth-order valence-electron chi connectivity index (χ4n) is 0. The van der Waals surface area contributed by atoms with Gasteiger partial charge in [0.15, 0.2) is 0 Å². The van der Waals surface area contributed by atoms with E-state index < -0.39 is 0 Å². The van der Waals surface area contributed by atoms with Gasteiger partial charge in [0.1, 0.15) is 0 Å². The average molecular weight is 222 g/mol. The number of hydrogen-bond donors (Lipinski definition) is 0. The van der Waals surface area contributed by atoms with E-state index in [1.807, 2.05) is 0 Å². The molecule has 0 saturated heterocycles. The standard InChI is InChI=1S/Ga.H2O.2Zn.3H/h;1H2;;;;;. The molecule has 2 N–H and O–H groups in total. The molecule has 4 heteroatoms. The summed E-state index contributed by atoms with van der Waals surface area (Å²) in [5, 5.41) is 0. The van der Waals surface area contributed by atoms with Crippen LogP contribution in [-0.4, -0.2) is 25.3 Å². The predicted octanol–water partition coefficient (Wildman–Crippen LogP) is -2.01. The molecule has 0 rings (SSSR count). The molecule has 0 fully saturated rings. The Morgan fingerprint density at radius 3 is 0.750 bits per heavy atom. The zero-order chi connectivity index (χ0) is 0. The van der Waals surface area contributed by atoms with Gasteiger partial charge in [-0.15, -0.1) is 0 Å². The maximum Gasteiger partial charge on any atom is 0 e. The van der Waals surface area contributed by atoms with Crippen molar-refractivity contribution in [2.45, 2.75) is 0 Å². The van der Waals surface area contributed by atoms with Crippen molar-refractivity contribution in [2.24, 2.45) is 0 Å². The van der Waals surface area contributed by atoms with Crippen LogP contribution in [0.2, 0.25) is 0 Å². The van der Waals surface area contributed by atoms with E-state index in [2.05, 4.69) is 0 Å². The average Bonchev–Trinajstić information content (AvgIpc) is 0. The largest absolute Gasteiger partial charge is 0 e. The van der Waals surface area contributed by atoms with Gasteiger partial charge in [0.2, 0.25) is 0 Å². The van der Waals surface area contributed by atoms with Crippen molar-refractivity contribution >= 4 is 19.8 Å². The van der Waals surface area contributed by atoms with E-state index in [-0.39, 0.29) is 64.2 Å². The molecule has 1 nitrogen and oxygen atoms in total. The van der Waals surface area contributed by atoms with Gasteiger partial charge in [-0.1, -0.05) is 0 Å². The molecule has 0 amide bonds. The first-order chi connectivity index (χ1) is 0. The van der Waals surface area contributed by atoms with Crippen molar-refractivity contribution in [2.75, 3.05) is 0 Å². The first-order valence-corrected chi connectivity index (χ1v) is 0. The molecule has 18 valence electrons. The molecule has 0 spiro atoms. The molecule has 0 heterocycles. The van der Waals surface area contributed by atoms with Crippen LogP contribution in [0.3, 0.4) is 0 Å². The Kier molecular flexibility index (Phi) is 212. The minimum atomic E-state index is 0. The molecule has 0 aromatic carbocycles. The second-order valence-electron chi connectivity index (χ2n) is 0. The molecule has 0 radical (unpaired) electrons. The zero-order valence-electron chi connectivity index (χ0n) is 1.91. The fourth-order valence-corrected chi connectivity index (χ4v) is 0. The van der Waals surface area contributed by atoms with Crippen molar-refractivity contribution in [3.63, 3.8) is 0 Å². The summed E-state index contributed by atoms with van der Waals surface area (Å²) in [6.07, 6.45) is 0. The predicted molar refractivity (Wildman–Crippen MR) is 13.6 cm³/mol. The topological polar surface area (TPSA) is 31.5 Å². The van der Waals surface area contributed by atoms with Crippen molar-refractivity contribution in [1.29, 1.82) is 0 Å². The van der Waals surface area contributed by atoms with E-state index in [1.165, 1.54) is 0 Å². The third kappa shape index (κ3) is 9.14. The molecular formula is H5GaOZn2. The monoisotopic (exact) mass is 218 g/mol. The van der Waals surface area contributed by atoms with Gasteiger partial charge in [-0.2, -0.15) is 0 Å². The Labute approximate surface area is 63.8 Å². The third-order valence-corrected chi connectivity index (χ3v) is 0. The maximum absolute atomic E-state index is 0. The van der Waals surface area contributed by atoms with Gasteiger partial charge in [0.25, 0.3) is 0 Å². The van der Waals surface area contributed by atoms with Crippen LogP contribution in [0.4, 0.5) is 0 Å². The van der Waals surface area contributed by atoms with Gasteiger partial charge in [0, 0.05) is 39.0 Å². The van der Waals surface area contributed by atoms with Crippen molar-refractivity contribution < 1.29 is 44.4 Å². The van der Waals surface area contributed by atoms with E-state index in [9.17, 15) is 0 Å². The number of hydrogen-bond acceptors (Lipinski definition) is 0. The van der Waals surface area contributed by atoms with Gasteiger partial charge >= 0.3 is 19.8 Å². The normalized spacial score (nSPS) is 0. The van der Waals surface area contributed by atoms with Crippen LogP contribution in [0.25, 0.3) is 0 Å². The Hall–Kier alpha value is 1.84. The molecule has 4 heavy (non-hydrogen) atoms. The second kappa shape index (κ2) is 21.1. The molecule has 0 aromatic heterocycles. The van der Waals surface area contributed by atoms with Crippen LogP contribution in [0.1, 0.15) is 0 Å². The van der Waals surface area contributed by atoms with E-state index in [1.54, 1.807) is 0 Å². The van der Waals surface area contributed by atoms with Gasteiger partial charge in [0.05, 0.1) is 0 Å². The van der Waals surface area contributed by atoms with Crippen LogP contribution in [-0.2, 0) is 39.0 Å². The summed E-state index contributed by atoms with van der Waals surface area (Å²) in [6.45, 7) is 0. The third-order valence-electron chi connectivity index (χ3n) is 0. The van der Waals surface area contributed by atoms with Gasteiger partial charge < -0.3 is 5.48 Å². The summed E-state index contributed by atoms with van der Waals surface area (Å²) >= 11 is 0. The van der Waals surface area contributed by atoms with Gasteiger partial charge in [-0.25, -0.2) is 0 Å². The zero-order valence-corrected chi connectivity index (χ0v) is 7.85. The number of rotatable bonds is 0. The Balaban J connectivity index is 0. The van der Waals surface area contributed by atoms with Crippen molar-refractivity contribution in [1.82, 2.24) is 0 Å². The molecule has 0 saturated carbocycles. The fraction of sp³-hybridized carbons (Fsp3) is 0. The second-order valence-corrected chi connectivity index (χ2v) is 0. The van der Waals surface area contributed by atoms with Crippen LogP contribution in [0.5, 0.6) is 0 Å². The van der Waals surface area contributed by atoms with Crippen LogP contribution < -0.4 is 0 Å². The molecular weight excluding hydrogens is 217 g/mol. The smallest absolute Gasteiger partial charge is 0 e. The summed E-state index contributed by atoms with van der Waals surface area (Å²) in [5.74, 6) is 0. The molecule has 0 aromatic rings. The maximum atomic E-state index is 0. The summed E-state index contributed by atoms with van der Waals surface area (Å²) in [4.78, 5) is 0. The Morgan fingerprint density at radius 2 is 0.750 bits per heavy atom. The first kappa shape index (κ1) is 40.3. The SMILES string of the molecule is O.[GaH3].[Zn].[Zn]. The van der Waals surface area contributed by atoms with E-state index in [0.29, 0.717) is 0 Å². The molecule has 0 unspecified atom stereocenters. The molecule has 0 aliphatic carbocycles. The molecule has 0 aliphatic heterocycles. The summed E-state index contributed by atoms with van der Waals surface area (Å²) in [7, 11) is 0. The van der Waals surface area contributed by atoms with E-state index in [4.69, 9.17) is 0 Å². The van der Waals surface area contributed by atoms with Crippen LogP contribution in [0, 0.1) is 0 Å². The van der Waals surface area contributed by atoms with E-state index in [0.717, 1.165) is 0 Å². The minimum absolute atomic E-state index is 0. The summed E-state index contributed by atoms with van der Waals surface area (Å²) in [5.41, 5.74) is 0. The molecule has 0 aliphatic rings. The van der Waals surface area contributed by atoms with Crippen LogP contribution in [0.15, 0.2) is 0 Å². The Morgan fingerprint density at radius 1 is 0.750 bits per heavy atom. The van der Waals surface area contributed by atoms with Gasteiger partial charge in [-0.05, 0) is 0 Å². The van der Waals surface area contributed by atoms with E-state index >= 15 is 0 Å². The Bertz CT molecular complexity index is 6.00. The summed E-state index contributed by atoms with van der Waals surface area (Å²) in [6, 6.07) is 0. The first-order valence-electron chi connectivity index (χ1n) is 0. The summed E-state index contributed by atoms with van der Waals surface area (Å²) < 4.78 is 0. The van der Waals surface area contributed by atoms with Crippen molar-refractivity contribution in [3.8, 4) is 0 Å². The van der Waals surface area contributed by atoms with Crippen LogP contribution >= 0.6 is 0 Å². The van der Waals surface area contributed by atoms with Crippen molar-refractivity contribution in [3.05, 3.63) is 0 Å². The molecule has 0 bridgehead atoms. The quantitative estimate of drug-likeness (QED) is 0.423.